The van der Waals surface area contributed by atoms with Gasteiger partial charge in [0.1, 0.15) is 11.5 Å². The van der Waals surface area contributed by atoms with E-state index in [4.69, 9.17) is 18.9 Å². The number of methoxy groups -OCH3 is 3. The lowest BCUT2D eigenvalue weighted by molar-refractivity contribution is -0.136. The molecule has 0 atom stereocenters. The molecule has 0 radical (unpaired) electrons. The van der Waals surface area contributed by atoms with Gasteiger partial charge in [0.05, 0.1) is 38.3 Å². The van der Waals surface area contributed by atoms with Gasteiger partial charge < -0.3 is 24.3 Å². The molecular formula is C26H25N3O7. The molecule has 0 heterocycles. The zero-order chi connectivity index (χ0) is 26.1. The summed E-state index contributed by atoms with van der Waals surface area (Å²) in [6, 6.07) is 18.1. The number of amides is 2. The number of carbonyl (C=O) groups excluding carboxylic acids is 3. The van der Waals surface area contributed by atoms with Gasteiger partial charge in [-0.1, -0.05) is 18.2 Å². The molecule has 0 aliphatic rings. The smallest absolute Gasteiger partial charge is 0.343 e. The average molecular weight is 492 g/mol. The molecule has 3 rings (SSSR count). The number of nitrogens with one attached hydrogen (secondary N) is 2. The van der Waals surface area contributed by atoms with Crippen molar-refractivity contribution in [1.29, 1.82) is 0 Å². The van der Waals surface area contributed by atoms with Crippen LogP contribution in [-0.2, 0) is 9.59 Å². The molecule has 0 saturated heterocycles. The van der Waals surface area contributed by atoms with Crippen LogP contribution < -0.4 is 29.7 Å². The van der Waals surface area contributed by atoms with Gasteiger partial charge in [0.2, 0.25) is 0 Å². The predicted octanol–water partition coefficient (Wildman–Crippen LogP) is 3.41. The van der Waals surface area contributed by atoms with Gasteiger partial charge in [0.15, 0.2) is 11.5 Å². The van der Waals surface area contributed by atoms with E-state index in [0.717, 1.165) is 0 Å². The van der Waals surface area contributed by atoms with Crippen molar-refractivity contribution in [3.05, 3.63) is 77.9 Å². The van der Waals surface area contributed by atoms with Crippen molar-refractivity contribution in [2.45, 2.75) is 6.92 Å². The van der Waals surface area contributed by atoms with Crippen molar-refractivity contribution >= 4 is 29.2 Å². The second kappa shape index (κ2) is 12.0. The monoisotopic (exact) mass is 491 g/mol. The average Bonchev–Trinajstić information content (AvgIpc) is 2.92. The van der Waals surface area contributed by atoms with E-state index in [1.165, 1.54) is 21.3 Å². The Morgan fingerprint density at radius 1 is 0.722 bits per heavy atom. The molecule has 0 aliphatic carbocycles. The van der Waals surface area contributed by atoms with Crippen molar-refractivity contribution in [3.8, 4) is 23.0 Å². The lowest BCUT2D eigenvalue weighted by Crippen LogP contribution is -2.33. The fourth-order valence-electron chi connectivity index (χ4n) is 3.04. The van der Waals surface area contributed by atoms with Crippen molar-refractivity contribution in [1.82, 2.24) is 5.43 Å². The number of benzene rings is 3. The molecule has 2 N–H and O–H groups in total. The van der Waals surface area contributed by atoms with E-state index in [-0.39, 0.29) is 5.75 Å². The van der Waals surface area contributed by atoms with E-state index in [9.17, 15) is 14.4 Å². The summed E-state index contributed by atoms with van der Waals surface area (Å²) >= 11 is 0. The maximum Gasteiger partial charge on any atom is 0.343 e. The normalized spacial score (nSPS) is 10.7. The van der Waals surface area contributed by atoms with Crippen molar-refractivity contribution in [3.63, 3.8) is 0 Å². The molecule has 0 saturated carbocycles. The van der Waals surface area contributed by atoms with E-state index in [1.807, 2.05) is 0 Å². The fourth-order valence-corrected chi connectivity index (χ4v) is 3.04. The highest BCUT2D eigenvalue weighted by atomic mass is 16.6. The third kappa shape index (κ3) is 6.38. The lowest BCUT2D eigenvalue weighted by atomic mass is 10.1. The van der Waals surface area contributed by atoms with Crippen LogP contribution in [0.1, 0.15) is 22.8 Å². The number of nitrogens with zero attached hydrogens (tertiary/aromatic N) is 1. The topological polar surface area (TPSA) is 125 Å². The van der Waals surface area contributed by atoms with Gasteiger partial charge in [0, 0.05) is 11.6 Å². The molecule has 10 nitrogen and oxygen atoms in total. The fraction of sp³-hybridized carbons (Fsp3) is 0.154. The highest BCUT2D eigenvalue weighted by Crippen LogP contribution is 2.30. The molecule has 0 aromatic heterocycles. The van der Waals surface area contributed by atoms with Crippen LogP contribution in [0.4, 0.5) is 5.69 Å². The highest BCUT2D eigenvalue weighted by molar-refractivity contribution is 6.39. The Hall–Kier alpha value is -4.86. The molecule has 186 valence electrons. The number of rotatable bonds is 8. The molecular weight excluding hydrogens is 466 g/mol. The van der Waals surface area contributed by atoms with Crippen LogP contribution in [0.5, 0.6) is 23.0 Å². The first-order valence-corrected chi connectivity index (χ1v) is 10.7. The molecule has 0 spiro atoms. The Balaban J connectivity index is 1.66. The SMILES string of the molecule is COc1ccc(NC(=O)C(=O)NN=C(C)c2ccc(OC(=O)c3ccccc3)c(OC)c2)c(OC)c1. The maximum absolute atomic E-state index is 12.3. The number of anilines is 1. The summed E-state index contributed by atoms with van der Waals surface area (Å²) < 4.78 is 21.1. The van der Waals surface area contributed by atoms with E-state index in [0.29, 0.717) is 39.8 Å². The van der Waals surface area contributed by atoms with Crippen LogP contribution in [0.3, 0.4) is 0 Å². The van der Waals surface area contributed by atoms with Crippen LogP contribution in [0.25, 0.3) is 0 Å². The van der Waals surface area contributed by atoms with E-state index >= 15 is 0 Å². The minimum Gasteiger partial charge on any atom is -0.497 e. The van der Waals surface area contributed by atoms with Crippen molar-refractivity contribution in [2.75, 3.05) is 26.6 Å². The third-order valence-electron chi connectivity index (χ3n) is 4.98. The zero-order valence-corrected chi connectivity index (χ0v) is 20.2. The summed E-state index contributed by atoms with van der Waals surface area (Å²) in [6.07, 6.45) is 0. The first kappa shape index (κ1) is 25.8. The minimum atomic E-state index is -0.979. The first-order chi connectivity index (χ1) is 17.4. The Kier molecular flexibility index (Phi) is 8.60. The number of esters is 1. The van der Waals surface area contributed by atoms with E-state index < -0.39 is 17.8 Å². The zero-order valence-electron chi connectivity index (χ0n) is 20.2. The van der Waals surface area contributed by atoms with Crippen molar-refractivity contribution < 1.29 is 33.3 Å². The van der Waals surface area contributed by atoms with Crippen LogP contribution in [0.15, 0.2) is 71.8 Å². The molecule has 2 amide bonds. The van der Waals surface area contributed by atoms with E-state index in [1.54, 1.807) is 73.7 Å². The number of hydrogen-bond acceptors (Lipinski definition) is 8. The van der Waals surface area contributed by atoms with Gasteiger partial charge in [-0.15, -0.1) is 0 Å². The Morgan fingerprint density at radius 3 is 2.11 bits per heavy atom. The largest absolute Gasteiger partial charge is 0.497 e. The predicted molar refractivity (Wildman–Crippen MR) is 133 cm³/mol. The second-order valence-electron chi connectivity index (χ2n) is 7.28. The second-order valence-corrected chi connectivity index (χ2v) is 7.28. The number of hydrazone groups is 1. The minimum absolute atomic E-state index is 0.222. The molecule has 0 unspecified atom stereocenters. The molecule has 0 aliphatic heterocycles. The number of ether oxygens (including phenoxy) is 4. The summed E-state index contributed by atoms with van der Waals surface area (Å²) in [5, 5.41) is 6.45. The van der Waals surface area contributed by atoms with Gasteiger partial charge in [-0.2, -0.15) is 5.10 Å². The maximum atomic E-state index is 12.3. The summed E-state index contributed by atoms with van der Waals surface area (Å²) in [5.74, 6) is -1.06. The molecule has 3 aromatic carbocycles. The Morgan fingerprint density at radius 2 is 1.44 bits per heavy atom. The molecule has 0 fully saturated rings. The van der Waals surface area contributed by atoms with Crippen molar-refractivity contribution in [2.24, 2.45) is 5.10 Å². The Labute approximate surface area is 207 Å². The van der Waals surface area contributed by atoms with Gasteiger partial charge in [-0.05, 0) is 49.4 Å². The van der Waals surface area contributed by atoms with E-state index in [2.05, 4.69) is 15.8 Å². The quantitative estimate of drug-likeness (QED) is 0.163. The third-order valence-corrected chi connectivity index (χ3v) is 4.98. The van der Waals surface area contributed by atoms with Gasteiger partial charge in [-0.3, -0.25) is 9.59 Å². The molecule has 10 heteroatoms. The Bertz CT molecular complexity index is 1290. The lowest BCUT2D eigenvalue weighted by Gasteiger charge is -2.12. The highest BCUT2D eigenvalue weighted by Gasteiger charge is 2.17. The van der Waals surface area contributed by atoms with Crippen LogP contribution in [-0.4, -0.2) is 44.8 Å². The van der Waals surface area contributed by atoms with Gasteiger partial charge in [0.25, 0.3) is 0 Å². The summed E-state index contributed by atoms with van der Waals surface area (Å²) in [7, 11) is 4.37. The molecule has 3 aromatic rings. The number of carbonyl (C=O) groups is 3. The van der Waals surface area contributed by atoms with Crippen LogP contribution >= 0.6 is 0 Å². The molecule has 0 bridgehead atoms. The van der Waals surface area contributed by atoms with Gasteiger partial charge >= 0.3 is 17.8 Å². The van der Waals surface area contributed by atoms with Crippen LogP contribution in [0.2, 0.25) is 0 Å². The number of hydrogen-bond donors (Lipinski definition) is 2. The summed E-state index contributed by atoms with van der Waals surface area (Å²) in [5.41, 5.74) is 3.87. The first-order valence-electron chi connectivity index (χ1n) is 10.7. The summed E-state index contributed by atoms with van der Waals surface area (Å²) in [6.45, 7) is 1.63. The van der Waals surface area contributed by atoms with Crippen LogP contribution in [0, 0.1) is 0 Å². The standard InChI is InChI=1S/C26H25N3O7/c1-16(28-29-25(31)24(30)27-20-12-11-19(33-2)15-22(20)34-3)18-10-13-21(23(14-18)35-4)36-26(32)17-8-6-5-7-9-17/h5-15H,1-4H3,(H,27,30)(H,29,31). The molecule has 36 heavy (non-hydrogen) atoms. The van der Waals surface area contributed by atoms with Gasteiger partial charge in [-0.25, -0.2) is 10.2 Å². The summed E-state index contributed by atoms with van der Waals surface area (Å²) in [4.78, 5) is 36.9.